The van der Waals surface area contributed by atoms with Crippen LogP contribution in [0.15, 0.2) is 0 Å². The van der Waals surface area contributed by atoms with Crippen LogP contribution in [0.25, 0.3) is 0 Å². The summed E-state index contributed by atoms with van der Waals surface area (Å²) in [5, 5.41) is 10.1. The first kappa shape index (κ1) is 12.6. The van der Waals surface area contributed by atoms with E-state index >= 15 is 0 Å². The standard InChI is InChI=1S/C11H21O2/c1-2-3-5-8-11(13)9-6-4-7-10-12/h2-10H2,1H3. The van der Waals surface area contributed by atoms with Crippen molar-refractivity contribution in [2.75, 3.05) is 6.61 Å². The fourth-order valence-electron chi connectivity index (χ4n) is 1.30. The predicted octanol–water partition coefficient (Wildman–Crippen LogP) is 3.13. The average Bonchev–Trinajstić information content (AvgIpc) is 2.13. The number of rotatable bonds is 9. The summed E-state index contributed by atoms with van der Waals surface area (Å²) >= 11 is 0. The molecule has 0 rings (SSSR count). The zero-order valence-corrected chi connectivity index (χ0v) is 8.68. The zero-order valence-electron chi connectivity index (χ0n) is 8.68. The first-order valence-corrected chi connectivity index (χ1v) is 5.41. The molecule has 0 aromatic rings. The van der Waals surface area contributed by atoms with Crippen LogP contribution >= 0.6 is 0 Å². The van der Waals surface area contributed by atoms with E-state index in [1.807, 2.05) is 0 Å². The van der Waals surface area contributed by atoms with Crippen LogP contribution in [0, 0.1) is 0 Å². The van der Waals surface area contributed by atoms with Crippen molar-refractivity contribution < 1.29 is 9.90 Å². The van der Waals surface area contributed by atoms with Gasteiger partial charge in [0.05, 0.1) is 6.61 Å². The van der Waals surface area contributed by atoms with Crippen LogP contribution in [-0.2, 0) is 9.90 Å². The van der Waals surface area contributed by atoms with Gasteiger partial charge in [0.1, 0.15) is 5.78 Å². The Bertz CT molecular complexity index is 121. The molecule has 0 atom stereocenters. The molecular formula is C11H21O2. The first-order chi connectivity index (χ1) is 6.31. The molecule has 13 heavy (non-hydrogen) atoms. The maximum Gasteiger partial charge on any atom is 0.132 e. The van der Waals surface area contributed by atoms with Crippen LogP contribution in [0.4, 0.5) is 0 Å². The van der Waals surface area contributed by atoms with Gasteiger partial charge in [-0.1, -0.05) is 26.2 Å². The minimum atomic E-state index is 0.00399. The Kier molecular flexibility index (Phi) is 9.44. The second kappa shape index (κ2) is 9.72. The lowest BCUT2D eigenvalue weighted by molar-refractivity contribution is -0.119. The normalized spacial score (nSPS) is 10.3. The molecule has 0 unspecified atom stereocenters. The van der Waals surface area contributed by atoms with Gasteiger partial charge in [0, 0.05) is 12.8 Å². The number of unbranched alkanes of at least 4 members (excludes halogenated alkanes) is 4. The molecular weight excluding hydrogens is 164 g/mol. The van der Waals surface area contributed by atoms with Gasteiger partial charge < -0.3 is 0 Å². The lowest BCUT2D eigenvalue weighted by atomic mass is 10.1. The van der Waals surface area contributed by atoms with Crippen LogP contribution in [0.5, 0.6) is 0 Å². The third kappa shape index (κ3) is 9.54. The summed E-state index contributed by atoms with van der Waals surface area (Å²) in [5.41, 5.74) is 0. The van der Waals surface area contributed by atoms with Gasteiger partial charge >= 0.3 is 0 Å². The smallest absolute Gasteiger partial charge is 0.132 e. The second-order valence-corrected chi connectivity index (χ2v) is 3.51. The summed E-state index contributed by atoms with van der Waals surface area (Å²) in [6, 6.07) is 0. The van der Waals surface area contributed by atoms with Crippen molar-refractivity contribution in [3.63, 3.8) is 0 Å². The van der Waals surface area contributed by atoms with Crippen LogP contribution < -0.4 is 0 Å². The Balaban J connectivity index is 3.11. The quantitative estimate of drug-likeness (QED) is 0.508. The highest BCUT2D eigenvalue weighted by molar-refractivity contribution is 5.78. The minimum Gasteiger partial charge on any atom is -0.300 e. The predicted molar refractivity (Wildman–Crippen MR) is 53.2 cm³/mol. The van der Waals surface area contributed by atoms with E-state index in [1.54, 1.807) is 0 Å². The molecule has 0 N–H and O–H groups in total. The minimum absolute atomic E-state index is 0.00399. The number of carbonyl (C=O) groups excluding carboxylic acids is 1. The molecule has 0 fully saturated rings. The molecule has 1 radical (unpaired) electrons. The van der Waals surface area contributed by atoms with Crippen molar-refractivity contribution in [2.24, 2.45) is 0 Å². The van der Waals surface area contributed by atoms with Crippen LogP contribution in [0.2, 0.25) is 0 Å². The molecule has 0 saturated carbocycles. The van der Waals surface area contributed by atoms with Gasteiger partial charge in [-0.05, 0) is 19.3 Å². The van der Waals surface area contributed by atoms with E-state index in [0.717, 1.165) is 38.5 Å². The van der Waals surface area contributed by atoms with E-state index in [2.05, 4.69) is 6.92 Å². The lowest BCUT2D eigenvalue weighted by Crippen LogP contribution is -1.97. The van der Waals surface area contributed by atoms with Gasteiger partial charge in [-0.25, -0.2) is 5.11 Å². The van der Waals surface area contributed by atoms with Crippen LogP contribution in [0.1, 0.15) is 58.3 Å². The summed E-state index contributed by atoms with van der Waals surface area (Å²) in [7, 11) is 0. The molecule has 0 aliphatic heterocycles. The Labute approximate surface area is 81.3 Å². The van der Waals surface area contributed by atoms with Gasteiger partial charge in [-0.3, -0.25) is 4.79 Å². The zero-order chi connectivity index (χ0) is 9.94. The molecule has 0 bridgehead atoms. The van der Waals surface area contributed by atoms with Crippen molar-refractivity contribution in [2.45, 2.75) is 58.3 Å². The summed E-state index contributed by atoms with van der Waals surface area (Å²) in [6.45, 7) is 2.14. The van der Waals surface area contributed by atoms with Crippen molar-refractivity contribution in [1.29, 1.82) is 0 Å². The molecule has 0 heterocycles. The van der Waals surface area contributed by atoms with Gasteiger partial charge in [0.15, 0.2) is 0 Å². The Hall–Kier alpha value is -0.370. The third-order valence-electron chi connectivity index (χ3n) is 2.16. The van der Waals surface area contributed by atoms with E-state index in [4.69, 9.17) is 0 Å². The van der Waals surface area contributed by atoms with E-state index < -0.39 is 0 Å². The number of hydrogen-bond acceptors (Lipinski definition) is 1. The van der Waals surface area contributed by atoms with Gasteiger partial charge in [0.2, 0.25) is 0 Å². The lowest BCUT2D eigenvalue weighted by Gasteiger charge is -1.99. The number of carbonyl (C=O) groups is 1. The van der Waals surface area contributed by atoms with E-state index in [9.17, 15) is 9.90 Å². The number of ketones is 1. The molecule has 0 aliphatic carbocycles. The maximum absolute atomic E-state index is 11.2. The molecule has 0 amide bonds. The van der Waals surface area contributed by atoms with E-state index in [-0.39, 0.29) is 6.61 Å². The molecule has 0 aromatic carbocycles. The molecule has 0 saturated heterocycles. The molecule has 2 nitrogen and oxygen atoms in total. The average molecular weight is 185 g/mol. The molecule has 0 aromatic heterocycles. The Morgan fingerprint density at radius 3 is 2.08 bits per heavy atom. The topological polar surface area (TPSA) is 37.0 Å². The van der Waals surface area contributed by atoms with Crippen molar-refractivity contribution in [3.8, 4) is 0 Å². The highest BCUT2D eigenvalue weighted by atomic mass is 16.2. The van der Waals surface area contributed by atoms with Gasteiger partial charge in [-0.2, -0.15) is 0 Å². The number of hydrogen-bond donors (Lipinski definition) is 0. The molecule has 0 spiro atoms. The van der Waals surface area contributed by atoms with Crippen molar-refractivity contribution in [1.82, 2.24) is 0 Å². The molecule has 2 heteroatoms. The fraction of sp³-hybridized carbons (Fsp3) is 0.909. The summed E-state index contributed by atoms with van der Waals surface area (Å²) in [6.07, 6.45) is 7.35. The fourth-order valence-corrected chi connectivity index (χ4v) is 1.30. The summed E-state index contributed by atoms with van der Waals surface area (Å²) in [5.74, 6) is 0.374. The summed E-state index contributed by atoms with van der Waals surface area (Å²) in [4.78, 5) is 11.2. The Morgan fingerprint density at radius 1 is 0.923 bits per heavy atom. The van der Waals surface area contributed by atoms with Gasteiger partial charge in [0.25, 0.3) is 0 Å². The molecule has 77 valence electrons. The van der Waals surface area contributed by atoms with Gasteiger partial charge in [-0.15, -0.1) is 0 Å². The largest absolute Gasteiger partial charge is 0.300 e. The van der Waals surface area contributed by atoms with Crippen LogP contribution in [-0.4, -0.2) is 12.4 Å². The third-order valence-corrected chi connectivity index (χ3v) is 2.16. The first-order valence-electron chi connectivity index (χ1n) is 5.41. The monoisotopic (exact) mass is 185 g/mol. The van der Waals surface area contributed by atoms with Crippen LogP contribution in [0.3, 0.4) is 0 Å². The molecule has 0 aliphatic rings. The number of Topliss-reactive ketones (excluding diaryl/α,β-unsaturated/α-hetero) is 1. The highest BCUT2D eigenvalue weighted by Crippen LogP contribution is 2.06. The maximum atomic E-state index is 11.2. The summed E-state index contributed by atoms with van der Waals surface area (Å²) < 4.78 is 0. The van der Waals surface area contributed by atoms with Crippen molar-refractivity contribution in [3.05, 3.63) is 0 Å². The second-order valence-electron chi connectivity index (χ2n) is 3.51. The van der Waals surface area contributed by atoms with Crippen molar-refractivity contribution >= 4 is 5.78 Å². The highest BCUT2D eigenvalue weighted by Gasteiger charge is 2.00. The SMILES string of the molecule is CCCCCC(=O)CCCCC[O]. The van der Waals surface area contributed by atoms with E-state index in [0.29, 0.717) is 12.2 Å². The Morgan fingerprint density at radius 2 is 1.54 bits per heavy atom. The van der Waals surface area contributed by atoms with E-state index in [1.165, 1.54) is 6.42 Å².